The molecule has 1 fully saturated rings. The molecule has 1 N–H and O–H groups in total. The van der Waals surface area contributed by atoms with Crippen molar-refractivity contribution < 1.29 is 13.2 Å². The van der Waals surface area contributed by atoms with Crippen LogP contribution in [0.4, 0.5) is 19.0 Å². The maximum absolute atomic E-state index is 12.6. The second kappa shape index (κ2) is 6.16. The number of halogens is 4. The van der Waals surface area contributed by atoms with Gasteiger partial charge in [0.1, 0.15) is 11.0 Å². The Morgan fingerprint density at radius 3 is 2.65 bits per heavy atom. The van der Waals surface area contributed by atoms with E-state index in [1.54, 1.807) is 0 Å². The molecule has 0 bridgehead atoms. The minimum Gasteiger partial charge on any atom is -0.367 e. The van der Waals surface area contributed by atoms with Crippen molar-refractivity contribution in [2.45, 2.75) is 51.2 Å². The highest BCUT2D eigenvalue weighted by atomic mass is 35.5. The van der Waals surface area contributed by atoms with Gasteiger partial charge in [-0.25, -0.2) is 9.97 Å². The lowest BCUT2D eigenvalue weighted by Gasteiger charge is -2.18. The summed E-state index contributed by atoms with van der Waals surface area (Å²) in [5.74, 6) is -0.382. The molecule has 0 aliphatic heterocycles. The van der Waals surface area contributed by atoms with Crippen LogP contribution in [0.1, 0.15) is 44.9 Å². The van der Waals surface area contributed by atoms with Crippen molar-refractivity contribution in [1.82, 2.24) is 9.97 Å². The number of hydrogen-bond acceptors (Lipinski definition) is 3. The number of alkyl halides is 3. The van der Waals surface area contributed by atoms with Gasteiger partial charge in [-0.05, 0) is 25.2 Å². The van der Waals surface area contributed by atoms with E-state index < -0.39 is 12.0 Å². The Morgan fingerprint density at radius 1 is 1.20 bits per heavy atom. The maximum Gasteiger partial charge on any atom is 0.451 e. The minimum atomic E-state index is -4.58. The van der Waals surface area contributed by atoms with Crippen LogP contribution in [0.15, 0.2) is 6.07 Å². The fraction of sp³-hybridized carbons (Fsp3) is 0.692. The molecule has 1 heterocycles. The smallest absolute Gasteiger partial charge is 0.367 e. The first kappa shape index (κ1) is 15.4. The van der Waals surface area contributed by atoms with E-state index in [1.165, 1.54) is 6.07 Å². The van der Waals surface area contributed by atoms with Crippen molar-refractivity contribution >= 4 is 17.4 Å². The Morgan fingerprint density at radius 2 is 1.95 bits per heavy atom. The first-order chi connectivity index (χ1) is 9.34. The summed E-state index contributed by atoms with van der Waals surface area (Å²) in [5.41, 5.74) is 0. The molecular weight excluding hydrogens is 291 g/mol. The quantitative estimate of drug-likeness (QED) is 0.644. The summed E-state index contributed by atoms with van der Waals surface area (Å²) < 4.78 is 37.9. The second-order valence-corrected chi connectivity index (χ2v) is 5.74. The lowest BCUT2D eigenvalue weighted by molar-refractivity contribution is -0.144. The summed E-state index contributed by atoms with van der Waals surface area (Å²) in [6, 6.07) is 1.48. The summed E-state index contributed by atoms with van der Waals surface area (Å²) in [4.78, 5) is 6.74. The summed E-state index contributed by atoms with van der Waals surface area (Å²) in [6.45, 7) is 2.20. The zero-order valence-electron chi connectivity index (χ0n) is 11.2. The van der Waals surface area contributed by atoms with E-state index >= 15 is 0 Å². The lowest BCUT2D eigenvalue weighted by Crippen LogP contribution is -2.21. The van der Waals surface area contributed by atoms with Gasteiger partial charge in [0.15, 0.2) is 0 Å². The fourth-order valence-electron chi connectivity index (χ4n) is 2.46. The highest BCUT2D eigenvalue weighted by Gasteiger charge is 2.35. The van der Waals surface area contributed by atoms with Crippen LogP contribution in [0.25, 0.3) is 0 Å². The number of aromatic nitrogens is 2. The third-order valence-corrected chi connectivity index (χ3v) is 3.75. The lowest BCUT2D eigenvalue weighted by atomic mass is 10.0. The average Bonchev–Trinajstić information content (AvgIpc) is 2.53. The van der Waals surface area contributed by atoms with Gasteiger partial charge in [-0.15, -0.1) is 0 Å². The van der Waals surface area contributed by atoms with Crippen LogP contribution < -0.4 is 5.32 Å². The molecule has 1 aliphatic carbocycles. The van der Waals surface area contributed by atoms with Crippen molar-refractivity contribution in [2.24, 2.45) is 5.92 Å². The maximum atomic E-state index is 12.6. The van der Waals surface area contributed by atoms with Gasteiger partial charge in [-0.3, -0.25) is 0 Å². The molecule has 1 aromatic rings. The van der Waals surface area contributed by atoms with Gasteiger partial charge in [0.2, 0.25) is 5.82 Å². The Balaban J connectivity index is 2.11. The fourth-order valence-corrected chi connectivity index (χ4v) is 2.64. The molecule has 0 amide bonds. The number of hydrogen-bond donors (Lipinski definition) is 1. The van der Waals surface area contributed by atoms with Crippen molar-refractivity contribution in [3.8, 4) is 0 Å². The van der Waals surface area contributed by atoms with Crippen molar-refractivity contribution in [3.63, 3.8) is 0 Å². The molecule has 112 valence electrons. The van der Waals surface area contributed by atoms with Crippen LogP contribution in [0.3, 0.4) is 0 Å². The van der Waals surface area contributed by atoms with Gasteiger partial charge < -0.3 is 5.32 Å². The molecule has 1 aliphatic rings. The summed E-state index contributed by atoms with van der Waals surface area (Å²) in [7, 11) is 0. The molecule has 0 saturated heterocycles. The average molecular weight is 308 g/mol. The topological polar surface area (TPSA) is 37.8 Å². The summed E-state index contributed by atoms with van der Waals surface area (Å²) in [6.07, 6.45) is 0.597. The highest BCUT2D eigenvalue weighted by Crippen LogP contribution is 2.29. The van der Waals surface area contributed by atoms with Crippen LogP contribution in [-0.4, -0.2) is 16.0 Å². The predicted molar refractivity (Wildman–Crippen MR) is 71.7 cm³/mol. The zero-order valence-corrected chi connectivity index (χ0v) is 11.9. The minimum absolute atomic E-state index is 0.145. The number of nitrogens with zero attached hydrogens (tertiary/aromatic N) is 2. The molecule has 3 nitrogen and oxygen atoms in total. The van der Waals surface area contributed by atoms with E-state index in [0.717, 1.165) is 32.1 Å². The molecular formula is C13H17ClF3N3. The molecule has 1 saturated carbocycles. The molecule has 7 heteroatoms. The van der Waals surface area contributed by atoms with Gasteiger partial charge in [-0.2, -0.15) is 13.2 Å². The van der Waals surface area contributed by atoms with Gasteiger partial charge >= 0.3 is 6.18 Å². The monoisotopic (exact) mass is 307 g/mol. The van der Waals surface area contributed by atoms with Crippen LogP contribution in [0, 0.1) is 5.92 Å². The van der Waals surface area contributed by atoms with Crippen LogP contribution in [0.5, 0.6) is 0 Å². The third-order valence-electron chi connectivity index (χ3n) is 3.56. The summed E-state index contributed by atoms with van der Waals surface area (Å²) in [5, 5.41) is 2.86. The van der Waals surface area contributed by atoms with Crippen LogP contribution in [0.2, 0.25) is 5.15 Å². The van der Waals surface area contributed by atoms with E-state index in [9.17, 15) is 13.2 Å². The van der Waals surface area contributed by atoms with Gasteiger partial charge in [0, 0.05) is 12.1 Å². The van der Waals surface area contributed by atoms with Gasteiger partial charge in [0.25, 0.3) is 0 Å². The van der Waals surface area contributed by atoms with Gasteiger partial charge in [-0.1, -0.05) is 31.4 Å². The number of anilines is 1. The predicted octanol–water partition coefficient (Wildman–Crippen LogP) is 4.53. The zero-order chi connectivity index (χ0) is 14.8. The SMILES string of the molecule is CC1CCCC(Nc2cc(Cl)nc(C(F)(F)F)n2)CC1. The standard InChI is InChI=1S/C13H17ClF3N3/c1-8-3-2-4-9(6-5-8)18-11-7-10(14)19-12(20-11)13(15,16)17/h7-9H,2-6H2,1H3,(H,18,19,20). The van der Waals surface area contributed by atoms with Crippen molar-refractivity contribution in [1.29, 1.82) is 0 Å². The molecule has 0 radical (unpaired) electrons. The normalized spacial score (nSPS) is 24.2. The molecule has 0 spiro atoms. The van der Waals surface area contributed by atoms with Crippen LogP contribution in [-0.2, 0) is 6.18 Å². The Labute approximate surface area is 120 Å². The Hall–Kier alpha value is -1.04. The van der Waals surface area contributed by atoms with E-state index in [1.807, 2.05) is 0 Å². The first-order valence-corrected chi connectivity index (χ1v) is 7.10. The Bertz CT molecular complexity index is 465. The van der Waals surface area contributed by atoms with Crippen LogP contribution >= 0.6 is 11.6 Å². The molecule has 0 aromatic carbocycles. The molecule has 2 rings (SSSR count). The van der Waals surface area contributed by atoms with E-state index in [2.05, 4.69) is 22.2 Å². The highest BCUT2D eigenvalue weighted by molar-refractivity contribution is 6.29. The van der Waals surface area contributed by atoms with E-state index in [-0.39, 0.29) is 17.0 Å². The van der Waals surface area contributed by atoms with E-state index in [0.29, 0.717) is 5.92 Å². The third kappa shape index (κ3) is 4.23. The Kier molecular flexibility index (Phi) is 4.73. The van der Waals surface area contributed by atoms with E-state index in [4.69, 9.17) is 11.6 Å². The molecule has 1 aromatic heterocycles. The molecule has 2 unspecified atom stereocenters. The van der Waals surface area contributed by atoms with Gasteiger partial charge in [0.05, 0.1) is 0 Å². The number of nitrogens with one attached hydrogen (secondary N) is 1. The molecule has 20 heavy (non-hydrogen) atoms. The van der Waals surface area contributed by atoms with Crippen molar-refractivity contribution in [2.75, 3.05) is 5.32 Å². The second-order valence-electron chi connectivity index (χ2n) is 5.35. The number of rotatable bonds is 2. The largest absolute Gasteiger partial charge is 0.451 e. The van der Waals surface area contributed by atoms with Crippen molar-refractivity contribution in [3.05, 3.63) is 17.0 Å². The first-order valence-electron chi connectivity index (χ1n) is 6.73. The molecule has 2 atom stereocenters. The summed E-state index contributed by atoms with van der Waals surface area (Å²) >= 11 is 5.64.